The normalized spacial score (nSPS) is 18.9. The number of amides is 1. The zero-order valence-electron chi connectivity index (χ0n) is 16.7. The average Bonchev–Trinajstić information content (AvgIpc) is 3.10. The van der Waals surface area contributed by atoms with Crippen molar-refractivity contribution < 1.29 is 14.3 Å². The van der Waals surface area contributed by atoms with Gasteiger partial charge in [-0.15, -0.1) is 11.3 Å². The standard InChI is InChI=1S/C22H21N3O4S/c1-11-3-5-14-17(7-11)30-21-19(14)22(28)25(10-23-21)12(2)20(27)13-4-6-16-15(8-13)24-18(26)9-29-16/h4,6,8,10-12H,3,5,7,9H2,1-2H3,(H,24,26). The molecule has 154 valence electrons. The fourth-order valence-corrected chi connectivity index (χ4v) is 5.56. The highest BCUT2D eigenvalue weighted by molar-refractivity contribution is 7.18. The molecule has 0 fully saturated rings. The highest BCUT2D eigenvalue weighted by Crippen LogP contribution is 2.36. The van der Waals surface area contributed by atoms with E-state index >= 15 is 0 Å². The quantitative estimate of drug-likeness (QED) is 0.653. The second kappa shape index (κ2) is 7.05. The Morgan fingerprint density at radius 2 is 2.20 bits per heavy atom. The lowest BCUT2D eigenvalue weighted by Gasteiger charge is -2.20. The van der Waals surface area contributed by atoms with Gasteiger partial charge >= 0.3 is 0 Å². The molecule has 8 heteroatoms. The number of Topliss-reactive ketones (excluding diaryl/α,β-unsaturated/α-hetero) is 1. The summed E-state index contributed by atoms with van der Waals surface area (Å²) in [6.45, 7) is 3.89. The molecule has 1 N–H and O–H groups in total. The molecule has 1 aliphatic carbocycles. The molecule has 5 rings (SSSR count). The van der Waals surface area contributed by atoms with Crippen LogP contribution in [0.15, 0.2) is 29.3 Å². The fourth-order valence-electron chi connectivity index (χ4n) is 4.22. The molecular weight excluding hydrogens is 402 g/mol. The van der Waals surface area contributed by atoms with Gasteiger partial charge in [0.2, 0.25) is 0 Å². The summed E-state index contributed by atoms with van der Waals surface area (Å²) in [7, 11) is 0. The molecule has 3 heterocycles. The van der Waals surface area contributed by atoms with Gasteiger partial charge in [0.25, 0.3) is 11.5 Å². The summed E-state index contributed by atoms with van der Waals surface area (Å²) in [6, 6.07) is 4.19. The molecule has 0 spiro atoms. The minimum absolute atomic E-state index is 0.0402. The average molecular weight is 423 g/mol. The second-order valence-electron chi connectivity index (χ2n) is 8.08. The van der Waals surface area contributed by atoms with E-state index in [1.54, 1.807) is 36.5 Å². The van der Waals surface area contributed by atoms with E-state index in [0.29, 0.717) is 28.3 Å². The summed E-state index contributed by atoms with van der Waals surface area (Å²) in [5, 5.41) is 3.37. The lowest BCUT2D eigenvalue weighted by atomic mass is 9.89. The zero-order chi connectivity index (χ0) is 21.0. The van der Waals surface area contributed by atoms with Crippen LogP contribution in [0.25, 0.3) is 10.2 Å². The Labute approximate surface area is 176 Å². The van der Waals surface area contributed by atoms with Gasteiger partial charge in [-0.2, -0.15) is 0 Å². The maximum atomic E-state index is 13.3. The Morgan fingerprint density at radius 3 is 3.03 bits per heavy atom. The van der Waals surface area contributed by atoms with E-state index in [-0.39, 0.29) is 23.9 Å². The van der Waals surface area contributed by atoms with Crippen molar-refractivity contribution in [2.75, 3.05) is 11.9 Å². The molecule has 2 unspecified atom stereocenters. The zero-order valence-corrected chi connectivity index (χ0v) is 17.5. The predicted molar refractivity (Wildman–Crippen MR) is 115 cm³/mol. The monoisotopic (exact) mass is 423 g/mol. The molecule has 0 saturated carbocycles. The number of aromatic nitrogens is 2. The third-order valence-electron chi connectivity index (χ3n) is 5.93. The van der Waals surface area contributed by atoms with Gasteiger partial charge in [0, 0.05) is 10.4 Å². The van der Waals surface area contributed by atoms with Crippen LogP contribution in [0.1, 0.15) is 47.1 Å². The van der Waals surface area contributed by atoms with Crippen LogP contribution < -0.4 is 15.6 Å². The van der Waals surface area contributed by atoms with Crippen LogP contribution in [0.5, 0.6) is 5.75 Å². The van der Waals surface area contributed by atoms with E-state index < -0.39 is 6.04 Å². The molecule has 0 saturated heterocycles. The van der Waals surface area contributed by atoms with Crippen molar-refractivity contribution in [1.29, 1.82) is 0 Å². The maximum absolute atomic E-state index is 13.3. The molecule has 2 aromatic heterocycles. The Hall–Kier alpha value is -3.00. The van der Waals surface area contributed by atoms with Crippen molar-refractivity contribution in [1.82, 2.24) is 9.55 Å². The van der Waals surface area contributed by atoms with Crippen molar-refractivity contribution >= 4 is 38.9 Å². The highest BCUT2D eigenvalue weighted by Gasteiger charge is 2.26. The number of aryl methyl sites for hydroxylation is 1. The summed E-state index contributed by atoms with van der Waals surface area (Å²) in [6.07, 6.45) is 4.39. The van der Waals surface area contributed by atoms with Crippen molar-refractivity contribution in [2.45, 2.75) is 39.2 Å². The maximum Gasteiger partial charge on any atom is 0.263 e. The Bertz CT molecular complexity index is 1260. The number of thiophene rings is 1. The van der Waals surface area contributed by atoms with Crippen LogP contribution in [-0.2, 0) is 17.6 Å². The van der Waals surface area contributed by atoms with Gasteiger partial charge in [-0.3, -0.25) is 19.0 Å². The molecule has 2 atom stereocenters. The van der Waals surface area contributed by atoms with Crippen LogP contribution in [0, 0.1) is 5.92 Å². The third kappa shape index (κ3) is 3.02. The van der Waals surface area contributed by atoms with Gasteiger partial charge < -0.3 is 10.1 Å². The van der Waals surface area contributed by atoms with Gasteiger partial charge in [-0.1, -0.05) is 6.92 Å². The number of rotatable bonds is 3. The van der Waals surface area contributed by atoms with Gasteiger partial charge in [0.1, 0.15) is 10.6 Å². The number of anilines is 1. The fraction of sp³-hybridized carbons (Fsp3) is 0.364. The number of ether oxygens (including phenoxy) is 1. The Morgan fingerprint density at radius 1 is 1.37 bits per heavy atom. The number of ketones is 1. The first-order chi connectivity index (χ1) is 14.4. The number of carbonyl (C=O) groups excluding carboxylic acids is 2. The summed E-state index contributed by atoms with van der Waals surface area (Å²) in [4.78, 5) is 44.5. The van der Waals surface area contributed by atoms with Crippen LogP contribution >= 0.6 is 11.3 Å². The first kappa shape index (κ1) is 19.0. The number of hydrogen-bond donors (Lipinski definition) is 1. The minimum Gasteiger partial charge on any atom is -0.482 e. The molecule has 7 nitrogen and oxygen atoms in total. The Kier molecular flexibility index (Phi) is 4.47. The van der Waals surface area contributed by atoms with E-state index in [4.69, 9.17) is 4.74 Å². The summed E-state index contributed by atoms with van der Waals surface area (Å²) >= 11 is 1.60. The SMILES string of the molecule is CC1CCc2c(sc3ncn(C(C)C(=O)c4ccc5c(c4)NC(=O)CO5)c(=O)c23)C1. The van der Waals surface area contributed by atoms with E-state index in [1.165, 1.54) is 15.8 Å². The van der Waals surface area contributed by atoms with E-state index in [1.807, 2.05) is 0 Å². The Balaban J connectivity index is 1.52. The van der Waals surface area contributed by atoms with E-state index in [2.05, 4.69) is 17.2 Å². The molecule has 1 aromatic carbocycles. The second-order valence-corrected chi connectivity index (χ2v) is 9.16. The van der Waals surface area contributed by atoms with E-state index in [0.717, 1.165) is 29.7 Å². The van der Waals surface area contributed by atoms with Crippen LogP contribution in [0.4, 0.5) is 5.69 Å². The number of nitrogens with zero attached hydrogens (tertiary/aromatic N) is 2. The van der Waals surface area contributed by atoms with Crippen molar-refractivity contribution in [2.24, 2.45) is 5.92 Å². The molecule has 1 aliphatic heterocycles. The molecule has 1 amide bonds. The van der Waals surface area contributed by atoms with Gasteiger partial charge in [0.05, 0.1) is 23.4 Å². The minimum atomic E-state index is -0.717. The van der Waals surface area contributed by atoms with E-state index in [9.17, 15) is 14.4 Å². The number of carbonyl (C=O) groups is 2. The van der Waals surface area contributed by atoms with Crippen LogP contribution in [-0.4, -0.2) is 27.8 Å². The number of fused-ring (bicyclic) bond motifs is 4. The lowest BCUT2D eigenvalue weighted by Crippen LogP contribution is -2.29. The number of hydrogen-bond acceptors (Lipinski definition) is 6. The third-order valence-corrected chi connectivity index (χ3v) is 7.10. The predicted octanol–water partition coefficient (Wildman–Crippen LogP) is 3.36. The van der Waals surface area contributed by atoms with Crippen LogP contribution in [0.3, 0.4) is 0 Å². The summed E-state index contributed by atoms with van der Waals surface area (Å²) < 4.78 is 6.77. The lowest BCUT2D eigenvalue weighted by molar-refractivity contribution is -0.118. The topological polar surface area (TPSA) is 90.3 Å². The molecular formula is C22H21N3O4S. The first-order valence-electron chi connectivity index (χ1n) is 10.0. The van der Waals surface area contributed by atoms with Gasteiger partial charge in [-0.25, -0.2) is 4.98 Å². The van der Waals surface area contributed by atoms with Crippen molar-refractivity contribution in [3.8, 4) is 5.75 Å². The van der Waals surface area contributed by atoms with Crippen LogP contribution in [0.2, 0.25) is 0 Å². The molecule has 3 aromatic rings. The number of nitrogens with one attached hydrogen (secondary N) is 1. The molecule has 0 bridgehead atoms. The van der Waals surface area contributed by atoms with Gasteiger partial charge in [0.15, 0.2) is 12.4 Å². The van der Waals surface area contributed by atoms with Crippen molar-refractivity contribution in [3.63, 3.8) is 0 Å². The first-order valence-corrected chi connectivity index (χ1v) is 10.9. The molecule has 2 aliphatic rings. The molecule has 0 radical (unpaired) electrons. The summed E-state index contributed by atoms with van der Waals surface area (Å²) in [5.41, 5.74) is 1.81. The molecule has 30 heavy (non-hydrogen) atoms. The largest absolute Gasteiger partial charge is 0.482 e. The summed E-state index contributed by atoms with van der Waals surface area (Å²) in [5.74, 6) is 0.654. The highest BCUT2D eigenvalue weighted by atomic mass is 32.1. The smallest absolute Gasteiger partial charge is 0.263 e. The number of benzene rings is 1. The van der Waals surface area contributed by atoms with Crippen molar-refractivity contribution in [3.05, 3.63) is 50.9 Å². The van der Waals surface area contributed by atoms with Gasteiger partial charge in [-0.05, 0) is 55.9 Å².